The molecule has 5 heteroatoms. The van der Waals surface area contributed by atoms with Crippen LogP contribution in [0.1, 0.15) is 44.7 Å². The van der Waals surface area contributed by atoms with Crippen LogP contribution in [0.15, 0.2) is 12.3 Å². The van der Waals surface area contributed by atoms with Gasteiger partial charge in [-0.3, -0.25) is 0 Å². The van der Waals surface area contributed by atoms with Gasteiger partial charge in [-0.25, -0.2) is 9.50 Å². The first-order valence-corrected chi connectivity index (χ1v) is 7.23. The van der Waals surface area contributed by atoms with Crippen LogP contribution in [0.3, 0.4) is 0 Å². The van der Waals surface area contributed by atoms with Crippen molar-refractivity contribution < 1.29 is 0 Å². The van der Waals surface area contributed by atoms with Crippen molar-refractivity contribution in [2.24, 2.45) is 11.8 Å². The topological polar surface area (TPSA) is 30.2 Å². The highest BCUT2D eigenvalue weighted by molar-refractivity contribution is 6.36. The molecule has 1 aliphatic rings. The van der Waals surface area contributed by atoms with Gasteiger partial charge in [0.25, 0.3) is 0 Å². The second-order valence-electron chi connectivity index (χ2n) is 5.81. The van der Waals surface area contributed by atoms with E-state index in [2.05, 4.69) is 23.9 Å². The van der Waals surface area contributed by atoms with Crippen molar-refractivity contribution in [3.63, 3.8) is 0 Å². The van der Waals surface area contributed by atoms with E-state index in [1.54, 1.807) is 10.7 Å². The zero-order valence-electron chi connectivity index (χ0n) is 11.3. The van der Waals surface area contributed by atoms with Gasteiger partial charge in [0.2, 0.25) is 0 Å². The van der Waals surface area contributed by atoms with Crippen LogP contribution in [0.25, 0.3) is 5.65 Å². The molecule has 0 saturated heterocycles. The van der Waals surface area contributed by atoms with Crippen molar-refractivity contribution in [3.8, 4) is 0 Å². The van der Waals surface area contributed by atoms with E-state index in [0.29, 0.717) is 28.1 Å². The lowest BCUT2D eigenvalue weighted by Gasteiger charge is -2.19. The van der Waals surface area contributed by atoms with Gasteiger partial charge in [-0.05, 0) is 36.2 Å². The number of hydrogen-bond acceptors (Lipinski definition) is 2. The molecule has 1 aliphatic carbocycles. The minimum atomic E-state index is 0.418. The summed E-state index contributed by atoms with van der Waals surface area (Å²) in [5, 5.41) is 4.70. The van der Waals surface area contributed by atoms with E-state index in [1.165, 1.54) is 19.3 Å². The van der Waals surface area contributed by atoms with Crippen molar-refractivity contribution >= 4 is 30.6 Å². The maximum atomic E-state index is 6.26. The van der Waals surface area contributed by atoms with E-state index in [-0.39, 0.29) is 0 Å². The maximum Gasteiger partial charge on any atom is 0.149 e. The fourth-order valence-corrected chi connectivity index (χ4v) is 3.38. The Morgan fingerprint density at radius 3 is 2.95 bits per heavy atom. The molecule has 3 unspecified atom stereocenters. The molecule has 3 atom stereocenters. The second kappa shape index (κ2) is 4.82. The predicted molar refractivity (Wildman–Crippen MR) is 78.3 cm³/mol. The highest BCUT2D eigenvalue weighted by atomic mass is 35.5. The third kappa shape index (κ3) is 2.27. The first kappa shape index (κ1) is 13.0. The zero-order valence-corrected chi connectivity index (χ0v) is 12.1. The lowest BCUT2D eigenvalue weighted by atomic mass is 9.89. The maximum absolute atomic E-state index is 6.26. The summed E-state index contributed by atoms with van der Waals surface area (Å²) in [6.45, 7) is 4.57. The van der Waals surface area contributed by atoms with Crippen LogP contribution in [0.4, 0.5) is 0 Å². The molecule has 3 rings (SSSR count). The lowest BCUT2D eigenvalue weighted by molar-refractivity contribution is 0.436. The predicted octanol–water partition coefficient (Wildman–Crippen LogP) is 2.72. The molecule has 0 amide bonds. The summed E-state index contributed by atoms with van der Waals surface area (Å²) >= 11 is 6.26. The number of hydrogen-bond donors (Lipinski definition) is 0. The minimum absolute atomic E-state index is 0.418. The summed E-state index contributed by atoms with van der Waals surface area (Å²) in [6, 6.07) is 1.93. The van der Waals surface area contributed by atoms with E-state index >= 15 is 0 Å². The molecule has 0 bridgehead atoms. The number of aromatic nitrogens is 3. The van der Waals surface area contributed by atoms with Crippen LogP contribution in [-0.4, -0.2) is 22.4 Å². The molecule has 0 N–H and O–H groups in total. The highest BCUT2D eigenvalue weighted by Gasteiger charge is 2.28. The van der Waals surface area contributed by atoms with Gasteiger partial charge in [0.05, 0.1) is 0 Å². The van der Waals surface area contributed by atoms with E-state index < -0.39 is 0 Å². The van der Waals surface area contributed by atoms with Gasteiger partial charge in [0, 0.05) is 17.8 Å². The Bertz CT molecular complexity index is 610. The summed E-state index contributed by atoms with van der Waals surface area (Å²) in [6.07, 6.45) is 5.47. The van der Waals surface area contributed by atoms with Crippen LogP contribution in [0, 0.1) is 11.8 Å². The summed E-state index contributed by atoms with van der Waals surface area (Å²) in [7, 11) is 5.89. The molecule has 2 aromatic heterocycles. The second-order valence-corrected chi connectivity index (χ2v) is 6.19. The fraction of sp³-hybridized carbons (Fsp3) is 0.571. The molecule has 2 heterocycles. The number of fused-ring (bicyclic) bond motifs is 1. The van der Waals surface area contributed by atoms with Gasteiger partial charge in [-0.2, -0.15) is 5.10 Å². The van der Waals surface area contributed by atoms with Crippen LogP contribution in [0.2, 0.25) is 5.15 Å². The van der Waals surface area contributed by atoms with E-state index in [1.807, 2.05) is 6.07 Å². The quantitative estimate of drug-likeness (QED) is 0.622. The molecule has 2 radical (unpaired) electrons. The summed E-state index contributed by atoms with van der Waals surface area (Å²) in [5.41, 5.74) is 2.28. The standard InChI is InChI=1S/C14H17BClN3/c1-8-3-4-10(5-8)9(2)12-6-13(16)19-14(18-12)11(15)7-17-19/h6-10H,3-5H2,1-2H3. The van der Waals surface area contributed by atoms with E-state index in [9.17, 15) is 0 Å². The Kier molecular flexibility index (Phi) is 3.29. The molecule has 0 aliphatic heterocycles. The van der Waals surface area contributed by atoms with Gasteiger partial charge in [0.1, 0.15) is 18.6 Å². The van der Waals surface area contributed by atoms with E-state index in [4.69, 9.17) is 19.4 Å². The molecule has 0 aromatic carbocycles. The van der Waals surface area contributed by atoms with Crippen LogP contribution in [-0.2, 0) is 0 Å². The monoisotopic (exact) mass is 273 g/mol. The number of nitrogens with zero attached hydrogens (tertiary/aromatic N) is 3. The van der Waals surface area contributed by atoms with Crippen LogP contribution in [0.5, 0.6) is 0 Å². The Balaban J connectivity index is 1.98. The Hall–Kier alpha value is -1.03. The average molecular weight is 274 g/mol. The molecule has 3 nitrogen and oxygen atoms in total. The van der Waals surface area contributed by atoms with Gasteiger partial charge in [0.15, 0.2) is 0 Å². The minimum Gasteiger partial charge on any atom is -0.234 e. The zero-order chi connectivity index (χ0) is 13.6. The van der Waals surface area contributed by atoms with Gasteiger partial charge in [-0.15, -0.1) is 0 Å². The largest absolute Gasteiger partial charge is 0.234 e. The molecule has 1 fully saturated rings. The normalized spacial score (nSPS) is 25.0. The molecule has 0 spiro atoms. The summed E-state index contributed by atoms with van der Waals surface area (Å²) in [4.78, 5) is 4.66. The van der Waals surface area contributed by atoms with Crippen molar-refractivity contribution in [1.29, 1.82) is 0 Å². The molecule has 98 valence electrons. The average Bonchev–Trinajstić information content (AvgIpc) is 2.96. The third-order valence-electron chi connectivity index (χ3n) is 4.38. The smallest absolute Gasteiger partial charge is 0.149 e. The molecular weight excluding hydrogens is 256 g/mol. The SMILES string of the molecule is [B]c1cnn2c(Cl)cc(C(C)C3CCC(C)C3)nc12. The molecular formula is C14H17BClN3. The number of halogens is 1. The Morgan fingerprint density at radius 2 is 2.26 bits per heavy atom. The summed E-state index contributed by atoms with van der Waals surface area (Å²) in [5.74, 6) is 1.94. The van der Waals surface area contributed by atoms with Crippen molar-refractivity contribution in [3.05, 3.63) is 23.1 Å². The molecule has 1 saturated carbocycles. The van der Waals surface area contributed by atoms with Crippen LogP contribution < -0.4 is 5.46 Å². The van der Waals surface area contributed by atoms with Gasteiger partial charge >= 0.3 is 0 Å². The van der Waals surface area contributed by atoms with E-state index in [0.717, 1.165) is 11.6 Å². The van der Waals surface area contributed by atoms with Crippen molar-refractivity contribution in [1.82, 2.24) is 14.6 Å². The Labute approximate surface area is 119 Å². The highest BCUT2D eigenvalue weighted by Crippen LogP contribution is 2.39. The number of rotatable bonds is 2. The van der Waals surface area contributed by atoms with Crippen LogP contribution >= 0.6 is 11.6 Å². The fourth-order valence-electron chi connectivity index (χ4n) is 3.14. The molecule has 2 aromatic rings. The Morgan fingerprint density at radius 1 is 1.47 bits per heavy atom. The third-order valence-corrected chi connectivity index (χ3v) is 4.65. The lowest BCUT2D eigenvalue weighted by Crippen LogP contribution is -2.12. The van der Waals surface area contributed by atoms with Gasteiger partial charge in [-0.1, -0.05) is 31.9 Å². The van der Waals surface area contributed by atoms with Crippen molar-refractivity contribution in [2.45, 2.75) is 39.0 Å². The first-order valence-electron chi connectivity index (χ1n) is 6.86. The molecule has 19 heavy (non-hydrogen) atoms. The van der Waals surface area contributed by atoms with Crippen molar-refractivity contribution in [2.75, 3.05) is 0 Å². The first-order chi connectivity index (χ1) is 9.06. The summed E-state index contributed by atoms with van der Waals surface area (Å²) < 4.78 is 1.59. The van der Waals surface area contributed by atoms with Gasteiger partial charge < -0.3 is 0 Å².